The average Bonchev–Trinajstić information content (AvgIpc) is 2.86. The Morgan fingerprint density at radius 2 is 1.71 bits per heavy atom. The van der Waals surface area contributed by atoms with Crippen molar-refractivity contribution in [3.8, 4) is 0 Å². The Balaban J connectivity index is 1.98. The van der Waals surface area contributed by atoms with E-state index in [2.05, 4.69) is 20.8 Å². The van der Waals surface area contributed by atoms with Gasteiger partial charge in [0.15, 0.2) is 0 Å². The summed E-state index contributed by atoms with van der Waals surface area (Å²) in [5.41, 5.74) is 5.86. The molecule has 2 aliphatic rings. The Labute approximate surface area is 127 Å². The van der Waals surface area contributed by atoms with Crippen LogP contribution in [0, 0.1) is 5.41 Å². The molecule has 2 saturated heterocycles. The maximum Gasteiger partial charge on any atom is 0.245 e. The average molecular weight is 295 g/mol. The first-order valence-electron chi connectivity index (χ1n) is 8.12. The fourth-order valence-corrected chi connectivity index (χ4v) is 3.21. The van der Waals surface area contributed by atoms with Crippen molar-refractivity contribution in [3.63, 3.8) is 0 Å². The molecule has 2 fully saturated rings. The molecule has 0 radical (unpaired) electrons. The molecule has 0 bridgehead atoms. The summed E-state index contributed by atoms with van der Waals surface area (Å²) >= 11 is 0. The lowest BCUT2D eigenvalue weighted by molar-refractivity contribution is -0.145. The van der Waals surface area contributed by atoms with E-state index in [1.54, 1.807) is 0 Å². The highest BCUT2D eigenvalue weighted by atomic mass is 16.2. The molecule has 2 rings (SSSR count). The van der Waals surface area contributed by atoms with Crippen molar-refractivity contribution in [1.29, 1.82) is 0 Å². The van der Waals surface area contributed by atoms with Crippen LogP contribution >= 0.6 is 0 Å². The molecule has 2 N–H and O–H groups in total. The summed E-state index contributed by atoms with van der Waals surface area (Å²) in [6.45, 7) is 8.37. The van der Waals surface area contributed by atoms with E-state index in [9.17, 15) is 9.59 Å². The van der Waals surface area contributed by atoms with E-state index in [0.29, 0.717) is 6.42 Å². The summed E-state index contributed by atoms with van der Waals surface area (Å²) < 4.78 is 0. The number of hydrogen-bond donors (Lipinski definition) is 1. The molecular weight excluding hydrogens is 266 g/mol. The standard InChI is InChI=1S/C16H29N3O2/c1-16(2,3)11-14(20)19-8-4-5-13(19)15(21)18-9-6-12(17)7-10-18/h12-13H,4-11,17H2,1-3H3. The third kappa shape index (κ3) is 4.19. The largest absolute Gasteiger partial charge is 0.341 e. The summed E-state index contributed by atoms with van der Waals surface area (Å²) in [6, 6.07) is -0.0228. The van der Waals surface area contributed by atoms with E-state index in [4.69, 9.17) is 5.73 Å². The minimum atomic E-state index is -0.242. The molecule has 0 aromatic carbocycles. The molecule has 0 spiro atoms. The van der Waals surface area contributed by atoms with Crippen LogP contribution in [0.4, 0.5) is 0 Å². The summed E-state index contributed by atoms with van der Waals surface area (Å²) in [4.78, 5) is 28.8. The number of likely N-dealkylation sites (tertiary alicyclic amines) is 2. The molecule has 1 unspecified atom stereocenters. The number of amides is 2. The SMILES string of the molecule is CC(C)(C)CC(=O)N1CCCC1C(=O)N1CCC(N)CC1. The number of rotatable bonds is 2. The van der Waals surface area contributed by atoms with Crippen molar-refractivity contribution in [2.75, 3.05) is 19.6 Å². The van der Waals surface area contributed by atoms with Crippen LogP contribution in [-0.4, -0.2) is 53.3 Å². The first kappa shape index (κ1) is 16.3. The molecule has 1 atom stereocenters. The molecule has 0 aliphatic carbocycles. The molecule has 21 heavy (non-hydrogen) atoms. The smallest absolute Gasteiger partial charge is 0.245 e. The molecule has 5 heteroatoms. The molecule has 120 valence electrons. The monoisotopic (exact) mass is 295 g/mol. The molecular formula is C16H29N3O2. The zero-order valence-electron chi connectivity index (χ0n) is 13.6. The Morgan fingerprint density at radius 3 is 2.29 bits per heavy atom. The third-order valence-corrected chi connectivity index (χ3v) is 4.39. The zero-order chi connectivity index (χ0) is 15.6. The number of nitrogens with two attached hydrogens (primary N) is 1. The minimum Gasteiger partial charge on any atom is -0.341 e. The fraction of sp³-hybridized carbons (Fsp3) is 0.875. The van der Waals surface area contributed by atoms with Gasteiger partial charge in [-0.05, 0) is 31.1 Å². The van der Waals surface area contributed by atoms with E-state index in [1.807, 2.05) is 9.80 Å². The first-order valence-corrected chi connectivity index (χ1v) is 8.12. The Hall–Kier alpha value is -1.10. The second-order valence-electron chi connectivity index (χ2n) is 7.65. The molecule has 0 aromatic rings. The van der Waals surface area contributed by atoms with E-state index in [-0.39, 0.29) is 29.3 Å². The van der Waals surface area contributed by atoms with Crippen LogP contribution in [-0.2, 0) is 9.59 Å². The van der Waals surface area contributed by atoms with Gasteiger partial charge < -0.3 is 15.5 Å². The molecule has 0 saturated carbocycles. The predicted molar refractivity (Wildman–Crippen MR) is 82.6 cm³/mol. The van der Waals surface area contributed by atoms with Crippen molar-refractivity contribution in [1.82, 2.24) is 9.80 Å². The van der Waals surface area contributed by atoms with Crippen LogP contribution < -0.4 is 5.73 Å². The maximum atomic E-state index is 12.7. The Kier molecular flexibility index (Phi) is 4.91. The van der Waals surface area contributed by atoms with Crippen LogP contribution in [0.2, 0.25) is 0 Å². The second-order valence-corrected chi connectivity index (χ2v) is 7.65. The highest BCUT2D eigenvalue weighted by molar-refractivity contribution is 5.88. The van der Waals surface area contributed by atoms with E-state index >= 15 is 0 Å². The lowest BCUT2D eigenvalue weighted by Gasteiger charge is -2.35. The number of nitrogens with zero attached hydrogens (tertiary/aromatic N) is 2. The summed E-state index contributed by atoms with van der Waals surface area (Å²) in [5.74, 6) is 0.244. The molecule has 2 aliphatic heterocycles. The van der Waals surface area contributed by atoms with Crippen molar-refractivity contribution in [2.45, 2.75) is 65.0 Å². The van der Waals surface area contributed by atoms with Crippen molar-refractivity contribution < 1.29 is 9.59 Å². The molecule has 0 aromatic heterocycles. The van der Waals surface area contributed by atoms with Gasteiger partial charge in [-0.2, -0.15) is 0 Å². The zero-order valence-corrected chi connectivity index (χ0v) is 13.6. The van der Waals surface area contributed by atoms with Gasteiger partial charge in [0, 0.05) is 32.1 Å². The molecule has 5 nitrogen and oxygen atoms in total. The van der Waals surface area contributed by atoms with Gasteiger partial charge in [-0.1, -0.05) is 20.8 Å². The number of piperidine rings is 1. The Bertz CT molecular complexity index is 395. The van der Waals surface area contributed by atoms with Crippen LogP contribution in [0.1, 0.15) is 52.9 Å². The van der Waals surface area contributed by atoms with Gasteiger partial charge >= 0.3 is 0 Å². The Morgan fingerprint density at radius 1 is 1.10 bits per heavy atom. The van der Waals surface area contributed by atoms with Gasteiger partial charge in [0.2, 0.25) is 11.8 Å². The van der Waals surface area contributed by atoms with Crippen LogP contribution in [0.5, 0.6) is 0 Å². The normalized spacial score (nSPS) is 24.5. The summed E-state index contributed by atoms with van der Waals surface area (Å²) in [7, 11) is 0. The highest BCUT2D eigenvalue weighted by Gasteiger charge is 2.37. The predicted octanol–water partition coefficient (Wildman–Crippen LogP) is 1.36. The van der Waals surface area contributed by atoms with E-state index in [1.165, 1.54) is 0 Å². The number of carbonyl (C=O) groups is 2. The van der Waals surface area contributed by atoms with Gasteiger partial charge in [0.25, 0.3) is 0 Å². The third-order valence-electron chi connectivity index (χ3n) is 4.39. The fourth-order valence-electron chi connectivity index (χ4n) is 3.21. The van der Waals surface area contributed by atoms with Crippen molar-refractivity contribution >= 4 is 11.8 Å². The minimum absolute atomic E-state index is 0.0365. The highest BCUT2D eigenvalue weighted by Crippen LogP contribution is 2.26. The second kappa shape index (κ2) is 6.34. The summed E-state index contributed by atoms with van der Waals surface area (Å²) in [6.07, 6.45) is 3.97. The molecule has 2 heterocycles. The van der Waals surface area contributed by atoms with Gasteiger partial charge in [0.05, 0.1) is 0 Å². The van der Waals surface area contributed by atoms with E-state index in [0.717, 1.165) is 45.3 Å². The van der Waals surface area contributed by atoms with Gasteiger partial charge in [-0.3, -0.25) is 9.59 Å². The topological polar surface area (TPSA) is 66.6 Å². The lowest BCUT2D eigenvalue weighted by Crippen LogP contribution is -2.51. The summed E-state index contributed by atoms with van der Waals surface area (Å²) in [5, 5.41) is 0. The maximum absolute atomic E-state index is 12.7. The van der Waals surface area contributed by atoms with Crippen molar-refractivity contribution in [3.05, 3.63) is 0 Å². The van der Waals surface area contributed by atoms with Crippen LogP contribution in [0.3, 0.4) is 0 Å². The van der Waals surface area contributed by atoms with E-state index < -0.39 is 0 Å². The quantitative estimate of drug-likeness (QED) is 0.836. The van der Waals surface area contributed by atoms with Crippen LogP contribution in [0.15, 0.2) is 0 Å². The van der Waals surface area contributed by atoms with Gasteiger partial charge in [0.1, 0.15) is 6.04 Å². The first-order chi connectivity index (χ1) is 9.78. The number of hydrogen-bond acceptors (Lipinski definition) is 3. The number of carbonyl (C=O) groups excluding carboxylic acids is 2. The molecule has 2 amide bonds. The van der Waals surface area contributed by atoms with Crippen molar-refractivity contribution in [2.24, 2.45) is 11.1 Å². The lowest BCUT2D eigenvalue weighted by atomic mass is 9.91. The van der Waals surface area contributed by atoms with Gasteiger partial charge in [-0.15, -0.1) is 0 Å². The van der Waals surface area contributed by atoms with Gasteiger partial charge in [-0.25, -0.2) is 0 Å². The van der Waals surface area contributed by atoms with Crippen LogP contribution in [0.25, 0.3) is 0 Å².